The molecule has 1 aromatic heterocycles. The predicted molar refractivity (Wildman–Crippen MR) is 117 cm³/mol. The van der Waals surface area contributed by atoms with E-state index in [9.17, 15) is 18.8 Å². The van der Waals surface area contributed by atoms with E-state index in [1.165, 1.54) is 24.6 Å². The molecule has 1 saturated carbocycles. The molecule has 1 aliphatic carbocycles. The molecule has 1 aromatic carbocycles. The van der Waals surface area contributed by atoms with Gasteiger partial charge < -0.3 is 19.5 Å². The summed E-state index contributed by atoms with van der Waals surface area (Å²) >= 11 is 0. The monoisotopic (exact) mass is 441 g/mol. The van der Waals surface area contributed by atoms with E-state index in [4.69, 9.17) is 4.74 Å². The van der Waals surface area contributed by atoms with Crippen LogP contribution in [0.25, 0.3) is 0 Å². The largest absolute Gasteiger partial charge is 0.483 e. The van der Waals surface area contributed by atoms with E-state index in [1.54, 1.807) is 27.8 Å². The number of rotatable bonds is 7. The van der Waals surface area contributed by atoms with Crippen LogP contribution in [0.4, 0.5) is 4.39 Å². The number of carbonyl (C=O) groups is 2. The minimum atomic E-state index is -0.376. The summed E-state index contributed by atoms with van der Waals surface area (Å²) in [6.07, 6.45) is 6.84. The van der Waals surface area contributed by atoms with Crippen LogP contribution in [0.5, 0.6) is 5.75 Å². The van der Waals surface area contributed by atoms with Crippen LogP contribution >= 0.6 is 0 Å². The molecular weight excluding hydrogens is 413 g/mol. The molecule has 4 rings (SSSR count). The first kappa shape index (κ1) is 22.0. The highest BCUT2D eigenvalue weighted by Crippen LogP contribution is 2.23. The second-order valence-electron chi connectivity index (χ2n) is 8.41. The molecule has 32 heavy (non-hydrogen) atoms. The number of hydrogen-bond donors (Lipinski definition) is 1. The van der Waals surface area contributed by atoms with Gasteiger partial charge in [0, 0.05) is 38.2 Å². The quantitative estimate of drug-likeness (QED) is 0.717. The van der Waals surface area contributed by atoms with Crippen LogP contribution in [-0.2, 0) is 17.9 Å². The fraction of sp³-hybridized carbons (Fsp3) is 0.458. The molecule has 0 bridgehead atoms. The van der Waals surface area contributed by atoms with Crippen molar-refractivity contribution in [3.8, 4) is 5.75 Å². The van der Waals surface area contributed by atoms with E-state index in [0.717, 1.165) is 31.2 Å². The van der Waals surface area contributed by atoms with Crippen molar-refractivity contribution < 1.29 is 18.7 Å². The van der Waals surface area contributed by atoms with E-state index in [0.29, 0.717) is 31.9 Å². The molecule has 0 radical (unpaired) electrons. The number of nitrogens with one attached hydrogen (secondary N) is 1. The number of ether oxygens (including phenoxy) is 1. The topological polar surface area (TPSA) is 80.6 Å². The number of amides is 2. The van der Waals surface area contributed by atoms with E-state index in [-0.39, 0.29) is 41.3 Å². The molecule has 1 fully saturated rings. The lowest BCUT2D eigenvalue weighted by Crippen LogP contribution is -2.45. The maximum Gasteiger partial charge on any atom is 0.270 e. The normalized spacial score (nSPS) is 16.5. The van der Waals surface area contributed by atoms with Crippen molar-refractivity contribution in [2.75, 3.05) is 19.6 Å². The molecule has 2 amide bonds. The van der Waals surface area contributed by atoms with Crippen molar-refractivity contribution in [2.24, 2.45) is 5.92 Å². The lowest BCUT2D eigenvalue weighted by molar-refractivity contribution is -0.125. The number of aromatic nitrogens is 1. The number of fused-ring (bicyclic) bond motifs is 1. The number of nitrogens with zero attached hydrogens (tertiary/aromatic N) is 2. The molecule has 8 heteroatoms. The second-order valence-corrected chi connectivity index (χ2v) is 8.41. The highest BCUT2D eigenvalue weighted by Gasteiger charge is 2.26. The van der Waals surface area contributed by atoms with Crippen LogP contribution in [0.1, 0.15) is 48.2 Å². The fourth-order valence-corrected chi connectivity index (χ4v) is 4.30. The Kier molecular flexibility index (Phi) is 6.87. The Balaban J connectivity index is 1.33. The Morgan fingerprint density at radius 1 is 1.09 bits per heavy atom. The van der Waals surface area contributed by atoms with Crippen LogP contribution in [-0.4, -0.2) is 40.9 Å². The Labute approximate surface area is 186 Å². The van der Waals surface area contributed by atoms with Crippen molar-refractivity contribution in [3.05, 3.63) is 63.8 Å². The summed E-state index contributed by atoms with van der Waals surface area (Å²) < 4.78 is 20.4. The molecule has 1 N–H and O–H groups in total. The van der Waals surface area contributed by atoms with Crippen LogP contribution in [0, 0.1) is 11.7 Å². The Bertz CT molecular complexity index is 1030. The summed E-state index contributed by atoms with van der Waals surface area (Å²) in [5.41, 5.74) is 0.680. The van der Waals surface area contributed by atoms with Gasteiger partial charge in [-0.25, -0.2) is 4.39 Å². The van der Waals surface area contributed by atoms with E-state index in [2.05, 4.69) is 5.32 Å². The number of carbonyl (C=O) groups excluding carboxylic acids is 2. The van der Waals surface area contributed by atoms with Gasteiger partial charge in [-0.15, -0.1) is 0 Å². The maximum absolute atomic E-state index is 13.0. The fourth-order valence-electron chi connectivity index (χ4n) is 4.30. The molecule has 0 saturated heterocycles. The predicted octanol–water partition coefficient (Wildman–Crippen LogP) is 2.72. The molecule has 2 aliphatic rings. The average Bonchev–Trinajstić information content (AvgIpc) is 2.81. The van der Waals surface area contributed by atoms with Gasteiger partial charge in [0.25, 0.3) is 5.91 Å². The van der Waals surface area contributed by atoms with E-state index in [1.807, 2.05) is 0 Å². The van der Waals surface area contributed by atoms with Gasteiger partial charge in [-0.3, -0.25) is 14.4 Å². The molecule has 0 spiro atoms. The molecule has 2 aromatic rings. The summed E-state index contributed by atoms with van der Waals surface area (Å²) in [4.78, 5) is 39.3. The van der Waals surface area contributed by atoms with Crippen molar-refractivity contribution in [3.63, 3.8) is 0 Å². The number of pyridine rings is 1. The smallest absolute Gasteiger partial charge is 0.270 e. The first-order valence-electron chi connectivity index (χ1n) is 11.2. The zero-order valence-electron chi connectivity index (χ0n) is 18.0. The molecule has 0 atom stereocenters. The SMILES string of the molecule is O=C(NCCN1CCn2cc(OCc3ccc(F)cc3)c(=O)cc2C1=O)C1CCCCC1. The van der Waals surface area contributed by atoms with Gasteiger partial charge in [0.05, 0.1) is 6.20 Å². The van der Waals surface area contributed by atoms with Crippen molar-refractivity contribution in [1.29, 1.82) is 0 Å². The van der Waals surface area contributed by atoms with Crippen molar-refractivity contribution in [2.45, 2.75) is 45.3 Å². The summed E-state index contributed by atoms with van der Waals surface area (Å²) in [7, 11) is 0. The molecule has 170 valence electrons. The van der Waals surface area contributed by atoms with Gasteiger partial charge in [0.15, 0.2) is 5.75 Å². The van der Waals surface area contributed by atoms with E-state index >= 15 is 0 Å². The van der Waals surface area contributed by atoms with Crippen molar-refractivity contribution >= 4 is 11.8 Å². The summed E-state index contributed by atoms with van der Waals surface area (Å²) in [5.74, 6) is -0.245. The maximum atomic E-state index is 13.0. The Hall–Kier alpha value is -3.16. The second kappa shape index (κ2) is 9.97. The third-order valence-corrected chi connectivity index (χ3v) is 6.17. The lowest BCUT2D eigenvalue weighted by Gasteiger charge is -2.30. The van der Waals surface area contributed by atoms with Crippen LogP contribution in [0.15, 0.2) is 41.3 Å². The van der Waals surface area contributed by atoms with Crippen LogP contribution in [0.3, 0.4) is 0 Å². The standard InChI is InChI=1S/C24H28FN3O4/c25-19-8-6-17(7-9-19)16-32-22-15-28-13-12-27(24(31)20(28)14-21(22)29)11-10-26-23(30)18-4-2-1-3-5-18/h6-9,14-15,18H,1-5,10-13,16H2,(H,26,30). The third kappa shape index (κ3) is 5.18. The van der Waals surface area contributed by atoms with Gasteiger partial charge in [0.1, 0.15) is 18.1 Å². The number of benzene rings is 1. The van der Waals surface area contributed by atoms with Crippen LogP contribution in [0.2, 0.25) is 0 Å². The Morgan fingerprint density at radius 3 is 2.59 bits per heavy atom. The molecule has 1 aliphatic heterocycles. The summed E-state index contributed by atoms with van der Waals surface area (Å²) in [6.45, 7) is 1.98. The molecular formula is C24H28FN3O4. The minimum absolute atomic E-state index is 0.0775. The number of halogens is 1. The molecule has 2 heterocycles. The van der Waals surface area contributed by atoms with Crippen LogP contribution < -0.4 is 15.5 Å². The minimum Gasteiger partial charge on any atom is -0.483 e. The summed E-state index contributed by atoms with van der Waals surface area (Å²) in [6, 6.07) is 7.17. The van der Waals surface area contributed by atoms with Gasteiger partial charge in [0.2, 0.25) is 11.3 Å². The highest BCUT2D eigenvalue weighted by molar-refractivity contribution is 5.93. The highest BCUT2D eigenvalue weighted by atomic mass is 19.1. The van der Waals surface area contributed by atoms with Gasteiger partial charge >= 0.3 is 0 Å². The average molecular weight is 442 g/mol. The Morgan fingerprint density at radius 2 is 1.84 bits per heavy atom. The molecule has 7 nitrogen and oxygen atoms in total. The summed E-state index contributed by atoms with van der Waals surface area (Å²) in [5, 5.41) is 2.96. The number of hydrogen-bond acceptors (Lipinski definition) is 4. The molecule has 0 unspecified atom stereocenters. The first-order chi connectivity index (χ1) is 15.5. The zero-order chi connectivity index (χ0) is 22.5. The zero-order valence-corrected chi connectivity index (χ0v) is 18.0. The van der Waals surface area contributed by atoms with Gasteiger partial charge in [-0.2, -0.15) is 0 Å². The van der Waals surface area contributed by atoms with Gasteiger partial charge in [-0.05, 0) is 30.5 Å². The van der Waals surface area contributed by atoms with Crippen molar-refractivity contribution in [1.82, 2.24) is 14.8 Å². The van der Waals surface area contributed by atoms with Gasteiger partial charge in [-0.1, -0.05) is 31.4 Å². The van der Waals surface area contributed by atoms with E-state index < -0.39 is 0 Å². The third-order valence-electron chi connectivity index (χ3n) is 6.17. The first-order valence-corrected chi connectivity index (χ1v) is 11.2. The lowest BCUT2D eigenvalue weighted by atomic mass is 9.89.